The zero-order valence-corrected chi connectivity index (χ0v) is 14.7. The molecule has 132 valence electrons. The summed E-state index contributed by atoms with van der Waals surface area (Å²) in [6.07, 6.45) is 1.61. The number of hydrogen-bond acceptors (Lipinski definition) is 3. The van der Waals surface area contributed by atoms with Crippen LogP contribution in [0.25, 0.3) is 27.8 Å². The van der Waals surface area contributed by atoms with Gasteiger partial charge in [-0.15, -0.1) is 0 Å². The predicted octanol–water partition coefficient (Wildman–Crippen LogP) is 4.04. The molecule has 0 aliphatic carbocycles. The van der Waals surface area contributed by atoms with Crippen LogP contribution in [-0.4, -0.2) is 21.1 Å². The molecule has 0 saturated heterocycles. The number of fused-ring (bicyclic) bond motifs is 3. The first-order valence-electron chi connectivity index (χ1n) is 8.36. The Balaban J connectivity index is 2.10. The van der Waals surface area contributed by atoms with Crippen LogP contribution < -0.4 is 10.3 Å². The zero-order chi connectivity index (χ0) is 18.4. The van der Waals surface area contributed by atoms with Crippen molar-refractivity contribution in [2.75, 3.05) is 7.11 Å². The molecule has 6 heteroatoms. The molecule has 0 radical (unpaired) electrons. The fourth-order valence-electron chi connectivity index (χ4n) is 3.32. The molecule has 4 rings (SSSR count). The second-order valence-electron chi connectivity index (χ2n) is 6.44. The van der Waals surface area contributed by atoms with Gasteiger partial charge in [0.15, 0.2) is 0 Å². The van der Waals surface area contributed by atoms with Crippen LogP contribution in [0.15, 0.2) is 53.6 Å². The maximum atomic E-state index is 13.8. The summed E-state index contributed by atoms with van der Waals surface area (Å²) >= 11 is 0. The average molecular weight is 351 g/mol. The molecule has 0 N–H and O–H groups in total. The third-order valence-corrected chi connectivity index (χ3v) is 4.53. The minimum atomic E-state index is -0.374. The van der Waals surface area contributed by atoms with Crippen molar-refractivity contribution in [3.63, 3.8) is 0 Å². The second kappa shape index (κ2) is 5.98. The monoisotopic (exact) mass is 351 g/mol. The van der Waals surface area contributed by atoms with Crippen LogP contribution in [0.4, 0.5) is 4.39 Å². The van der Waals surface area contributed by atoms with Crippen molar-refractivity contribution in [2.24, 2.45) is 0 Å². The van der Waals surface area contributed by atoms with Crippen molar-refractivity contribution in [1.82, 2.24) is 14.0 Å². The van der Waals surface area contributed by atoms with Crippen LogP contribution in [0.5, 0.6) is 5.75 Å². The van der Waals surface area contributed by atoms with Crippen molar-refractivity contribution in [3.05, 3.63) is 65.0 Å². The number of rotatable bonds is 3. The Bertz CT molecular complexity index is 1170. The molecule has 0 atom stereocenters. The van der Waals surface area contributed by atoms with Crippen molar-refractivity contribution in [3.8, 4) is 17.0 Å². The van der Waals surface area contributed by atoms with E-state index in [0.29, 0.717) is 16.7 Å². The van der Waals surface area contributed by atoms with E-state index in [0.717, 1.165) is 16.8 Å². The first-order valence-corrected chi connectivity index (χ1v) is 8.36. The number of nitrogens with zero attached hydrogens (tertiary/aromatic N) is 3. The molecule has 0 aliphatic heterocycles. The van der Waals surface area contributed by atoms with Gasteiger partial charge in [-0.05, 0) is 56.3 Å². The van der Waals surface area contributed by atoms with E-state index < -0.39 is 0 Å². The van der Waals surface area contributed by atoms with Crippen LogP contribution in [0, 0.1) is 5.82 Å². The topological polar surface area (TPSA) is 48.5 Å². The van der Waals surface area contributed by atoms with Crippen molar-refractivity contribution in [1.29, 1.82) is 0 Å². The number of hydrogen-bond donors (Lipinski definition) is 0. The lowest BCUT2D eigenvalue weighted by atomic mass is 10.1. The molecule has 0 bridgehead atoms. The second-order valence-corrected chi connectivity index (χ2v) is 6.44. The summed E-state index contributed by atoms with van der Waals surface area (Å²) in [5.74, 6) is 0.360. The Morgan fingerprint density at radius 1 is 1.08 bits per heavy atom. The van der Waals surface area contributed by atoms with Gasteiger partial charge in [0.25, 0.3) is 5.56 Å². The van der Waals surface area contributed by atoms with Crippen molar-refractivity contribution < 1.29 is 9.13 Å². The summed E-state index contributed by atoms with van der Waals surface area (Å²) in [6, 6.07) is 11.7. The van der Waals surface area contributed by atoms with Crippen molar-refractivity contribution >= 4 is 16.6 Å². The molecule has 2 heterocycles. The first kappa shape index (κ1) is 16.3. The molecule has 0 unspecified atom stereocenters. The lowest BCUT2D eigenvalue weighted by molar-refractivity contribution is 0.415. The lowest BCUT2D eigenvalue weighted by Crippen LogP contribution is -2.24. The standard InChI is InChI=1S/C20H18FN3O2/c1-12(2)24-17-10-14(21)6-9-16(17)23-11-22-18(19(23)20(24)25)13-4-7-15(26-3)8-5-13/h4-12H,1-3H3. The van der Waals surface area contributed by atoms with Gasteiger partial charge >= 0.3 is 0 Å². The molecule has 0 fully saturated rings. The minimum Gasteiger partial charge on any atom is -0.497 e. The van der Waals surface area contributed by atoms with Crippen LogP contribution >= 0.6 is 0 Å². The number of methoxy groups -OCH3 is 1. The summed E-state index contributed by atoms with van der Waals surface area (Å²) in [5, 5.41) is 0. The Morgan fingerprint density at radius 3 is 2.46 bits per heavy atom. The van der Waals surface area contributed by atoms with Gasteiger partial charge in [-0.3, -0.25) is 9.20 Å². The number of halogens is 1. The number of aromatic nitrogens is 3. The molecule has 0 aliphatic rings. The SMILES string of the molecule is COc1ccc(-c2ncn3c2c(=O)n(C(C)C)c2cc(F)ccc23)cc1. The zero-order valence-electron chi connectivity index (χ0n) is 14.7. The fourth-order valence-corrected chi connectivity index (χ4v) is 3.32. The van der Waals surface area contributed by atoms with Gasteiger partial charge in [0.1, 0.15) is 29.1 Å². The summed E-state index contributed by atoms with van der Waals surface area (Å²) in [7, 11) is 1.60. The maximum Gasteiger partial charge on any atom is 0.277 e. The Hall–Kier alpha value is -3.15. The summed E-state index contributed by atoms with van der Waals surface area (Å²) in [4.78, 5) is 17.7. The van der Waals surface area contributed by atoms with Gasteiger partial charge in [-0.25, -0.2) is 9.37 Å². The van der Waals surface area contributed by atoms with Crippen LogP contribution in [-0.2, 0) is 0 Å². The van der Waals surface area contributed by atoms with Gasteiger partial charge in [0.2, 0.25) is 0 Å². The van der Waals surface area contributed by atoms with E-state index in [1.54, 1.807) is 28.5 Å². The minimum absolute atomic E-state index is 0.115. The van der Waals surface area contributed by atoms with Crippen molar-refractivity contribution in [2.45, 2.75) is 19.9 Å². The van der Waals surface area contributed by atoms with Gasteiger partial charge in [0.05, 0.1) is 18.1 Å². The molecule has 0 saturated carbocycles. The molecule has 26 heavy (non-hydrogen) atoms. The normalized spacial score (nSPS) is 11.6. The first-order chi connectivity index (χ1) is 12.5. The largest absolute Gasteiger partial charge is 0.497 e. The smallest absolute Gasteiger partial charge is 0.277 e. The highest BCUT2D eigenvalue weighted by Crippen LogP contribution is 2.27. The predicted molar refractivity (Wildman–Crippen MR) is 99.3 cm³/mol. The maximum absolute atomic E-state index is 13.8. The van der Waals surface area contributed by atoms with E-state index >= 15 is 0 Å². The summed E-state index contributed by atoms with van der Waals surface area (Å²) in [6.45, 7) is 3.82. The van der Waals surface area contributed by atoms with Gasteiger partial charge in [-0.2, -0.15) is 0 Å². The molecule has 0 amide bonds. The highest BCUT2D eigenvalue weighted by atomic mass is 19.1. The summed E-state index contributed by atoms with van der Waals surface area (Å²) in [5.41, 5.74) is 2.99. The average Bonchev–Trinajstić information content (AvgIpc) is 3.07. The molecule has 4 aromatic rings. The van der Waals surface area contributed by atoms with E-state index in [9.17, 15) is 9.18 Å². The van der Waals surface area contributed by atoms with Crippen LogP contribution in [0.2, 0.25) is 0 Å². The van der Waals surface area contributed by atoms with Crippen LogP contribution in [0.3, 0.4) is 0 Å². The van der Waals surface area contributed by atoms with E-state index in [1.807, 2.05) is 38.1 Å². The highest BCUT2D eigenvalue weighted by Gasteiger charge is 2.18. The molecular weight excluding hydrogens is 333 g/mol. The third kappa shape index (κ3) is 2.37. The number of benzene rings is 2. The molecule has 0 spiro atoms. The van der Waals surface area contributed by atoms with Gasteiger partial charge in [-0.1, -0.05) is 0 Å². The van der Waals surface area contributed by atoms with Crippen LogP contribution in [0.1, 0.15) is 19.9 Å². The lowest BCUT2D eigenvalue weighted by Gasteiger charge is -2.16. The Labute approximate surface area is 149 Å². The number of imidazole rings is 1. The van der Waals surface area contributed by atoms with Gasteiger partial charge in [0, 0.05) is 11.6 Å². The van der Waals surface area contributed by atoms with E-state index in [-0.39, 0.29) is 17.4 Å². The molecular formula is C20H18FN3O2. The Morgan fingerprint density at radius 2 is 1.81 bits per heavy atom. The summed E-state index contributed by atoms with van der Waals surface area (Å²) < 4.78 is 22.3. The quantitative estimate of drug-likeness (QED) is 0.560. The molecule has 2 aromatic carbocycles. The number of ether oxygens (including phenoxy) is 1. The Kier molecular flexibility index (Phi) is 3.76. The molecule has 5 nitrogen and oxygen atoms in total. The van der Waals surface area contributed by atoms with E-state index in [2.05, 4.69) is 4.98 Å². The highest BCUT2D eigenvalue weighted by molar-refractivity contribution is 5.85. The van der Waals surface area contributed by atoms with E-state index in [1.165, 1.54) is 12.1 Å². The third-order valence-electron chi connectivity index (χ3n) is 4.53. The van der Waals surface area contributed by atoms with E-state index in [4.69, 9.17) is 4.74 Å². The fraction of sp³-hybridized carbons (Fsp3) is 0.200. The van der Waals surface area contributed by atoms with Gasteiger partial charge < -0.3 is 9.30 Å². The molecule has 2 aromatic heterocycles.